The quantitative estimate of drug-likeness (QED) is 0.0546. The fourth-order valence-electron chi connectivity index (χ4n) is 10.7. The minimum absolute atomic E-state index is 0.150. The molecule has 0 radical (unpaired) electrons. The molecule has 10 rings (SSSR count). The first-order valence-electron chi connectivity index (χ1n) is 21.8. The highest BCUT2D eigenvalue weighted by atomic mass is 16.3. The van der Waals surface area contributed by atoms with E-state index >= 15 is 0 Å². The van der Waals surface area contributed by atoms with Crippen LogP contribution in [0.1, 0.15) is 62.1 Å². The summed E-state index contributed by atoms with van der Waals surface area (Å²) in [6.07, 6.45) is 1.27. The summed E-state index contributed by atoms with van der Waals surface area (Å²) in [4.78, 5) is 0. The van der Waals surface area contributed by atoms with Crippen LogP contribution in [0.2, 0.25) is 0 Å². The van der Waals surface area contributed by atoms with Gasteiger partial charge in [-0.2, -0.15) is 0 Å². The summed E-state index contributed by atoms with van der Waals surface area (Å²) in [6.45, 7) is -2.60. The van der Waals surface area contributed by atoms with E-state index < -0.39 is 45.1 Å². The number of aliphatic hydroxyl groups is 6. The molecule has 9 nitrogen and oxygen atoms in total. The molecular formula is C56H48O9. The maximum absolute atomic E-state index is 11.0. The number of hydrogen-bond donors (Lipinski definition) is 9. The van der Waals surface area contributed by atoms with E-state index in [2.05, 4.69) is 84.9 Å². The van der Waals surface area contributed by atoms with Crippen LogP contribution in [-0.2, 0) is 57.9 Å². The monoisotopic (exact) mass is 864 g/mol. The van der Waals surface area contributed by atoms with Crippen LogP contribution < -0.4 is 0 Å². The third-order valence-electron chi connectivity index (χ3n) is 13.8. The molecule has 1 atom stereocenters. The Bertz CT molecular complexity index is 3100. The second-order valence-electron chi connectivity index (χ2n) is 17.3. The van der Waals surface area contributed by atoms with Crippen molar-refractivity contribution in [3.63, 3.8) is 0 Å². The van der Waals surface area contributed by atoms with Gasteiger partial charge in [-0.1, -0.05) is 78.9 Å². The van der Waals surface area contributed by atoms with E-state index in [0.29, 0.717) is 36.0 Å². The van der Waals surface area contributed by atoms with Gasteiger partial charge in [-0.05, 0) is 156 Å². The molecule has 8 aromatic rings. The normalized spacial score (nSPS) is 14.5. The summed E-state index contributed by atoms with van der Waals surface area (Å²) in [5.74, 6) is -0.475. The van der Waals surface area contributed by atoms with E-state index in [4.69, 9.17) is 0 Å². The molecule has 0 amide bonds. The van der Waals surface area contributed by atoms with Gasteiger partial charge in [-0.15, -0.1) is 0 Å². The number of benzene rings is 8. The molecule has 8 aromatic carbocycles. The Labute approximate surface area is 375 Å². The van der Waals surface area contributed by atoms with Crippen LogP contribution in [0.3, 0.4) is 0 Å². The summed E-state index contributed by atoms with van der Waals surface area (Å²) in [7, 11) is 0. The van der Waals surface area contributed by atoms with Gasteiger partial charge in [0.2, 0.25) is 0 Å². The van der Waals surface area contributed by atoms with Crippen LogP contribution in [0.4, 0.5) is 0 Å². The van der Waals surface area contributed by atoms with Crippen LogP contribution in [0.5, 0.6) is 17.2 Å². The Hall–Kier alpha value is -6.82. The van der Waals surface area contributed by atoms with Crippen molar-refractivity contribution >= 4 is 10.8 Å². The highest BCUT2D eigenvalue weighted by molar-refractivity contribution is 6.18. The zero-order valence-electron chi connectivity index (χ0n) is 35.5. The third-order valence-corrected chi connectivity index (χ3v) is 13.8. The van der Waals surface area contributed by atoms with Crippen LogP contribution in [0.25, 0.3) is 66.4 Å². The number of phenols is 3. The molecule has 0 saturated heterocycles. The van der Waals surface area contributed by atoms with Crippen LogP contribution in [0.15, 0.2) is 127 Å². The lowest BCUT2D eigenvalue weighted by Crippen LogP contribution is -2.29. The van der Waals surface area contributed by atoms with E-state index in [1.54, 1.807) is 36.4 Å². The standard InChI is InChI=1S/C56H48O9/c57-25-36-16-31(17-37(26-58)53(36)63)14-15-56(24-32-18-38(27-59)54(64)39(19-32)28-60)50-22-33(35-20-40(29-61)55(65)41(21-35)30-62)8-10-45(50)46-11-9-34(23-51(46)56)42-12-13-49-44-5-2-1-4-43(44)48-7-3-6-47(42)52(48)49/h1-13,16-23,57-65H,14-15,24-30H2. The van der Waals surface area contributed by atoms with Crippen LogP contribution >= 0.6 is 0 Å². The minimum Gasteiger partial charge on any atom is -0.507 e. The molecule has 0 bridgehead atoms. The largest absolute Gasteiger partial charge is 0.507 e. The molecule has 0 spiro atoms. The first-order chi connectivity index (χ1) is 31.6. The highest BCUT2D eigenvalue weighted by Gasteiger charge is 2.44. The molecule has 0 saturated carbocycles. The molecular weight excluding hydrogens is 817 g/mol. The van der Waals surface area contributed by atoms with Crippen molar-refractivity contribution in [1.29, 1.82) is 0 Å². The summed E-state index contributed by atoms with van der Waals surface area (Å²) in [6, 6.07) is 42.6. The molecule has 0 aliphatic heterocycles. The smallest absolute Gasteiger partial charge is 0.126 e. The summed E-state index contributed by atoms with van der Waals surface area (Å²) in [5, 5.41) is 96.8. The number of rotatable bonds is 13. The molecule has 0 heterocycles. The lowest BCUT2D eigenvalue weighted by molar-refractivity contribution is 0.262. The second kappa shape index (κ2) is 16.6. The average molecular weight is 865 g/mol. The maximum Gasteiger partial charge on any atom is 0.126 e. The predicted molar refractivity (Wildman–Crippen MR) is 251 cm³/mol. The fourth-order valence-corrected chi connectivity index (χ4v) is 10.7. The molecule has 326 valence electrons. The zero-order valence-corrected chi connectivity index (χ0v) is 35.5. The van der Waals surface area contributed by atoms with E-state index in [9.17, 15) is 46.0 Å². The second-order valence-corrected chi connectivity index (χ2v) is 17.3. The Morgan fingerprint density at radius 3 is 1.32 bits per heavy atom. The van der Waals surface area contributed by atoms with Gasteiger partial charge in [0.1, 0.15) is 17.2 Å². The van der Waals surface area contributed by atoms with E-state index in [-0.39, 0.29) is 39.5 Å². The Morgan fingerprint density at radius 2 is 0.785 bits per heavy atom. The maximum atomic E-state index is 11.0. The summed E-state index contributed by atoms with van der Waals surface area (Å²) >= 11 is 0. The average Bonchev–Trinajstić information content (AvgIpc) is 3.81. The van der Waals surface area contributed by atoms with Gasteiger partial charge in [0, 0.05) is 38.8 Å². The zero-order chi connectivity index (χ0) is 45.1. The topological polar surface area (TPSA) is 182 Å². The summed E-state index contributed by atoms with van der Waals surface area (Å²) in [5.41, 5.74) is 14.8. The highest BCUT2D eigenvalue weighted by Crippen LogP contribution is 2.56. The van der Waals surface area contributed by atoms with E-state index in [1.807, 2.05) is 6.07 Å². The molecule has 0 fully saturated rings. The lowest BCUT2D eigenvalue weighted by Gasteiger charge is -2.34. The lowest BCUT2D eigenvalue weighted by atomic mass is 9.69. The molecule has 1 unspecified atom stereocenters. The number of aryl methyl sites for hydroxylation is 1. The molecule has 9 heteroatoms. The van der Waals surface area contributed by atoms with E-state index in [1.165, 1.54) is 27.6 Å². The molecule has 9 N–H and O–H groups in total. The van der Waals surface area contributed by atoms with Crippen molar-refractivity contribution in [2.45, 2.75) is 64.3 Å². The Balaban J connectivity index is 1.23. The van der Waals surface area contributed by atoms with Crippen molar-refractivity contribution in [3.05, 3.63) is 183 Å². The van der Waals surface area contributed by atoms with Crippen LogP contribution in [-0.4, -0.2) is 46.0 Å². The number of aliphatic hydroxyl groups excluding tert-OH is 6. The van der Waals surface area contributed by atoms with Gasteiger partial charge in [0.15, 0.2) is 0 Å². The van der Waals surface area contributed by atoms with Gasteiger partial charge in [-0.25, -0.2) is 0 Å². The minimum atomic E-state index is -0.842. The van der Waals surface area contributed by atoms with Gasteiger partial charge in [0.05, 0.1) is 39.6 Å². The summed E-state index contributed by atoms with van der Waals surface area (Å²) < 4.78 is 0. The van der Waals surface area contributed by atoms with Crippen molar-refractivity contribution in [3.8, 4) is 72.9 Å². The van der Waals surface area contributed by atoms with Gasteiger partial charge in [0.25, 0.3) is 0 Å². The molecule has 65 heavy (non-hydrogen) atoms. The Morgan fingerprint density at radius 1 is 0.354 bits per heavy atom. The van der Waals surface area contributed by atoms with E-state index in [0.717, 1.165) is 55.5 Å². The number of hydrogen-bond acceptors (Lipinski definition) is 9. The molecule has 2 aliphatic carbocycles. The van der Waals surface area contributed by atoms with Crippen LogP contribution in [0, 0.1) is 0 Å². The molecule has 2 aliphatic rings. The third kappa shape index (κ3) is 6.79. The van der Waals surface area contributed by atoms with Crippen molar-refractivity contribution in [2.75, 3.05) is 0 Å². The fraction of sp³-hybridized carbons (Fsp3) is 0.179. The predicted octanol–water partition coefficient (Wildman–Crippen LogP) is 9.03. The Kier molecular flexibility index (Phi) is 10.8. The van der Waals surface area contributed by atoms with Gasteiger partial charge < -0.3 is 46.0 Å². The van der Waals surface area contributed by atoms with Crippen molar-refractivity contribution in [1.82, 2.24) is 0 Å². The van der Waals surface area contributed by atoms with Gasteiger partial charge in [-0.3, -0.25) is 0 Å². The van der Waals surface area contributed by atoms with Crippen molar-refractivity contribution in [2.24, 2.45) is 0 Å². The SMILES string of the molecule is OCc1cc(CCC2(Cc3cc(CO)c(O)c(CO)c3)c3cc(-c4cc(CO)c(O)c(CO)c4)ccc3-c3ccc(-c4ccc5c6c(cccc46)-c4ccccc4-5)cc32)cc(CO)c1O. The molecule has 0 aromatic heterocycles. The first-order valence-corrected chi connectivity index (χ1v) is 21.8. The first kappa shape index (κ1) is 42.1. The number of fused-ring (bicyclic) bond motifs is 6. The van der Waals surface area contributed by atoms with Gasteiger partial charge >= 0.3 is 0 Å². The number of aromatic hydroxyl groups is 3. The van der Waals surface area contributed by atoms with Crippen molar-refractivity contribution < 1.29 is 46.0 Å².